The van der Waals surface area contributed by atoms with Crippen molar-refractivity contribution in [1.82, 2.24) is 0 Å². The minimum atomic E-state index is -0.173. The van der Waals surface area contributed by atoms with Crippen LogP contribution in [-0.4, -0.2) is 17.8 Å². The second kappa shape index (κ2) is 4.66. The molecule has 94 valence electrons. The molecule has 2 aliphatic carbocycles. The molecule has 2 bridgehead atoms. The lowest BCUT2D eigenvalue weighted by Gasteiger charge is -2.43. The first-order valence-electron chi connectivity index (χ1n) is 7.02. The lowest BCUT2D eigenvalue weighted by Crippen LogP contribution is -2.48. The molecule has 16 heavy (non-hydrogen) atoms. The largest absolute Gasteiger partial charge is 0.392 e. The molecule has 5 unspecified atom stereocenters. The quantitative estimate of drug-likeness (QED) is 0.755. The van der Waals surface area contributed by atoms with E-state index < -0.39 is 0 Å². The smallest absolute Gasteiger partial charge is 0.0636 e. The van der Waals surface area contributed by atoms with Crippen LogP contribution in [0.3, 0.4) is 0 Å². The predicted molar refractivity (Wildman–Crippen MR) is 67.0 cm³/mol. The molecule has 0 spiro atoms. The monoisotopic (exact) mass is 225 g/mol. The first-order chi connectivity index (χ1) is 7.64. The van der Waals surface area contributed by atoms with Gasteiger partial charge in [-0.2, -0.15) is 0 Å². The van der Waals surface area contributed by atoms with Crippen LogP contribution in [-0.2, 0) is 0 Å². The summed E-state index contributed by atoms with van der Waals surface area (Å²) in [5.41, 5.74) is 6.10. The molecule has 0 heterocycles. The lowest BCUT2D eigenvalue weighted by atomic mass is 9.66. The fourth-order valence-corrected chi connectivity index (χ4v) is 4.40. The fourth-order valence-electron chi connectivity index (χ4n) is 4.40. The summed E-state index contributed by atoms with van der Waals surface area (Å²) in [7, 11) is 0. The molecule has 3 N–H and O–H groups in total. The van der Waals surface area contributed by atoms with Crippen LogP contribution in [0.5, 0.6) is 0 Å². The summed E-state index contributed by atoms with van der Waals surface area (Å²) in [5.74, 6) is 1.97. The second-order valence-corrected chi connectivity index (χ2v) is 6.23. The van der Waals surface area contributed by atoms with Gasteiger partial charge in [0.1, 0.15) is 0 Å². The molecule has 2 rings (SSSR count). The van der Waals surface area contributed by atoms with E-state index in [1.54, 1.807) is 0 Å². The molecule has 2 saturated carbocycles. The van der Waals surface area contributed by atoms with Gasteiger partial charge in [-0.05, 0) is 43.4 Å². The van der Waals surface area contributed by atoms with Gasteiger partial charge in [-0.25, -0.2) is 0 Å². The Hall–Kier alpha value is -0.0800. The normalized spacial score (nSPS) is 41.2. The Kier molecular flexibility index (Phi) is 3.60. The predicted octanol–water partition coefficient (Wildman–Crippen LogP) is 2.55. The van der Waals surface area contributed by atoms with Crippen molar-refractivity contribution in [2.24, 2.45) is 28.9 Å². The number of aliphatic hydroxyl groups excluding tert-OH is 1. The molecule has 5 atom stereocenters. The Labute approximate surface area is 99.6 Å². The van der Waals surface area contributed by atoms with Gasteiger partial charge in [0.2, 0.25) is 0 Å². The molecule has 2 aliphatic rings. The summed E-state index contributed by atoms with van der Waals surface area (Å²) >= 11 is 0. The van der Waals surface area contributed by atoms with E-state index in [2.05, 4.69) is 13.8 Å². The maximum atomic E-state index is 10.6. The van der Waals surface area contributed by atoms with E-state index in [0.717, 1.165) is 18.8 Å². The van der Waals surface area contributed by atoms with Gasteiger partial charge in [-0.15, -0.1) is 0 Å². The van der Waals surface area contributed by atoms with Crippen LogP contribution >= 0.6 is 0 Å². The zero-order chi connectivity index (χ0) is 11.8. The van der Waals surface area contributed by atoms with Crippen molar-refractivity contribution in [3.8, 4) is 0 Å². The van der Waals surface area contributed by atoms with Crippen molar-refractivity contribution in [3.63, 3.8) is 0 Å². The molecule has 0 aliphatic heterocycles. The van der Waals surface area contributed by atoms with Gasteiger partial charge in [0.25, 0.3) is 0 Å². The van der Waals surface area contributed by atoms with E-state index in [4.69, 9.17) is 5.73 Å². The molecule has 0 aromatic rings. The molecular weight excluding hydrogens is 198 g/mol. The lowest BCUT2D eigenvalue weighted by molar-refractivity contribution is -0.0457. The summed E-state index contributed by atoms with van der Waals surface area (Å²) in [6.45, 7) is 5.07. The van der Waals surface area contributed by atoms with Crippen LogP contribution in [0, 0.1) is 23.2 Å². The minimum Gasteiger partial charge on any atom is -0.392 e. The van der Waals surface area contributed by atoms with Crippen LogP contribution in [0.4, 0.5) is 0 Å². The standard InChI is InChI=1S/C14H27NO/c1-3-4-10(2)13(16)14(9-15)8-11-5-6-12(14)7-11/h10-13,16H,3-9,15H2,1-2H3. The molecule has 2 nitrogen and oxygen atoms in total. The highest BCUT2D eigenvalue weighted by molar-refractivity contribution is 5.05. The summed E-state index contributed by atoms with van der Waals surface area (Å²) in [5, 5.41) is 10.6. The third-order valence-corrected chi connectivity index (χ3v) is 5.28. The maximum Gasteiger partial charge on any atom is 0.0636 e. The topological polar surface area (TPSA) is 46.2 Å². The number of nitrogens with two attached hydrogens (primary N) is 1. The number of hydrogen-bond acceptors (Lipinski definition) is 2. The first kappa shape index (κ1) is 12.4. The maximum absolute atomic E-state index is 10.6. The highest BCUT2D eigenvalue weighted by Crippen LogP contribution is 2.58. The number of hydrogen-bond donors (Lipinski definition) is 2. The molecule has 2 heteroatoms. The third kappa shape index (κ3) is 1.80. The zero-order valence-corrected chi connectivity index (χ0v) is 10.8. The van der Waals surface area contributed by atoms with Crippen LogP contribution in [0.2, 0.25) is 0 Å². The van der Waals surface area contributed by atoms with E-state index in [9.17, 15) is 5.11 Å². The Morgan fingerprint density at radius 3 is 2.62 bits per heavy atom. The van der Waals surface area contributed by atoms with E-state index in [-0.39, 0.29) is 11.5 Å². The number of aliphatic hydroxyl groups is 1. The first-order valence-corrected chi connectivity index (χ1v) is 7.02. The Bertz CT molecular complexity index is 243. The highest BCUT2D eigenvalue weighted by atomic mass is 16.3. The van der Waals surface area contributed by atoms with Crippen molar-refractivity contribution >= 4 is 0 Å². The number of fused-ring (bicyclic) bond motifs is 2. The van der Waals surface area contributed by atoms with Gasteiger partial charge in [0.05, 0.1) is 6.10 Å². The molecule has 0 radical (unpaired) electrons. The summed E-state index contributed by atoms with van der Waals surface area (Å²) in [6.07, 6.45) is 7.30. The van der Waals surface area contributed by atoms with Crippen LogP contribution in [0.15, 0.2) is 0 Å². The molecular formula is C14H27NO. The third-order valence-electron chi connectivity index (χ3n) is 5.28. The molecule has 2 fully saturated rings. The average molecular weight is 225 g/mol. The van der Waals surface area contributed by atoms with Gasteiger partial charge >= 0.3 is 0 Å². The van der Waals surface area contributed by atoms with Crippen LogP contribution < -0.4 is 5.73 Å². The number of rotatable bonds is 5. The van der Waals surface area contributed by atoms with Gasteiger partial charge < -0.3 is 10.8 Å². The molecule has 0 aromatic heterocycles. The van der Waals surface area contributed by atoms with Crippen molar-refractivity contribution in [2.75, 3.05) is 6.54 Å². The van der Waals surface area contributed by atoms with Crippen molar-refractivity contribution in [1.29, 1.82) is 0 Å². The van der Waals surface area contributed by atoms with Crippen LogP contribution in [0.1, 0.15) is 52.4 Å². The van der Waals surface area contributed by atoms with E-state index in [0.29, 0.717) is 18.4 Å². The molecule has 0 aromatic carbocycles. The Balaban J connectivity index is 2.09. The SMILES string of the molecule is CCCC(C)C(O)C1(CN)CC2CCC1C2. The van der Waals surface area contributed by atoms with Gasteiger partial charge in [-0.3, -0.25) is 0 Å². The second-order valence-electron chi connectivity index (χ2n) is 6.23. The molecule has 0 amide bonds. The van der Waals surface area contributed by atoms with Crippen molar-refractivity contribution < 1.29 is 5.11 Å². The summed E-state index contributed by atoms with van der Waals surface area (Å²) in [4.78, 5) is 0. The Morgan fingerprint density at radius 2 is 2.19 bits per heavy atom. The summed E-state index contributed by atoms with van der Waals surface area (Å²) in [6, 6.07) is 0. The summed E-state index contributed by atoms with van der Waals surface area (Å²) < 4.78 is 0. The van der Waals surface area contributed by atoms with Gasteiger partial charge in [0, 0.05) is 12.0 Å². The average Bonchev–Trinajstić information content (AvgIpc) is 2.88. The fraction of sp³-hybridized carbons (Fsp3) is 1.00. The van der Waals surface area contributed by atoms with Gasteiger partial charge in [0.15, 0.2) is 0 Å². The van der Waals surface area contributed by atoms with E-state index >= 15 is 0 Å². The van der Waals surface area contributed by atoms with Gasteiger partial charge in [-0.1, -0.05) is 26.7 Å². The highest BCUT2D eigenvalue weighted by Gasteiger charge is 2.54. The zero-order valence-electron chi connectivity index (χ0n) is 10.8. The minimum absolute atomic E-state index is 0.0670. The van der Waals surface area contributed by atoms with E-state index in [1.807, 2.05) is 0 Å². The molecule has 0 saturated heterocycles. The van der Waals surface area contributed by atoms with Crippen molar-refractivity contribution in [3.05, 3.63) is 0 Å². The van der Waals surface area contributed by atoms with E-state index in [1.165, 1.54) is 25.7 Å². The Morgan fingerprint density at radius 1 is 1.44 bits per heavy atom. The van der Waals surface area contributed by atoms with Crippen molar-refractivity contribution in [2.45, 2.75) is 58.5 Å². The van der Waals surface area contributed by atoms with Crippen LogP contribution in [0.25, 0.3) is 0 Å².